The van der Waals surface area contributed by atoms with Crippen LogP contribution in [0.4, 0.5) is 0 Å². The molecular weight excluding hydrogens is 298 g/mol. The van der Waals surface area contributed by atoms with Crippen molar-refractivity contribution >= 4 is 57.5 Å². The zero-order chi connectivity index (χ0) is 9.98. The Labute approximate surface area is 111 Å². The van der Waals surface area contributed by atoms with Crippen molar-refractivity contribution in [3.8, 4) is 0 Å². The monoisotopic (exact) mass is 306 g/mol. The molecule has 0 amide bonds. The van der Waals surface area contributed by atoms with Crippen LogP contribution in [0.25, 0.3) is 0 Å². The van der Waals surface area contributed by atoms with Gasteiger partial charge in [-0.15, -0.1) is 23.5 Å². The Kier molecular flexibility index (Phi) is 22.6. The first-order chi connectivity index (χ1) is 5.62. The maximum absolute atomic E-state index is 4.75. The quantitative estimate of drug-likeness (QED) is 0.167. The summed E-state index contributed by atoms with van der Waals surface area (Å²) < 4.78 is 0.991. The van der Waals surface area contributed by atoms with Gasteiger partial charge in [0.15, 0.2) is 0 Å². The number of nitrogens with two attached hydrogens (primary N) is 2. The molecule has 0 fully saturated rings. The summed E-state index contributed by atoms with van der Waals surface area (Å²) in [7, 11) is 0. The van der Waals surface area contributed by atoms with Gasteiger partial charge in [0.2, 0.25) is 0 Å². The Morgan fingerprint density at radius 2 is 1.23 bits per heavy atom. The van der Waals surface area contributed by atoms with E-state index >= 15 is 0 Å². The molecule has 0 saturated carbocycles. The molecule has 9 heteroatoms. The fourth-order valence-electron chi connectivity index (χ4n) is 0.105. The van der Waals surface area contributed by atoms with Gasteiger partial charge in [-0.25, -0.2) is 10.2 Å². The van der Waals surface area contributed by atoms with Crippen molar-refractivity contribution in [2.75, 3.05) is 12.5 Å². The van der Waals surface area contributed by atoms with Gasteiger partial charge in [-0.05, 0) is 21.3 Å². The van der Waals surface area contributed by atoms with Crippen molar-refractivity contribution in [3.05, 3.63) is 0 Å². The van der Waals surface area contributed by atoms with E-state index < -0.39 is 0 Å². The second kappa shape index (κ2) is 15.2. The minimum absolute atomic E-state index is 0. The molecule has 13 heavy (non-hydrogen) atoms. The van der Waals surface area contributed by atoms with Crippen LogP contribution in [-0.4, -0.2) is 21.3 Å². The summed E-state index contributed by atoms with van der Waals surface area (Å²) in [4.78, 5) is 0. The summed E-state index contributed by atoms with van der Waals surface area (Å²) in [6, 6.07) is 0. The molecule has 0 unspecified atom stereocenters. The van der Waals surface area contributed by atoms with Crippen LogP contribution in [0.3, 0.4) is 0 Å². The van der Waals surface area contributed by atoms with Crippen molar-refractivity contribution in [1.29, 1.82) is 0 Å². The number of thioether (sulfide) groups is 2. The van der Waals surface area contributed by atoms with Gasteiger partial charge in [0, 0.05) is 0 Å². The summed E-state index contributed by atoms with van der Waals surface area (Å²) in [6.45, 7) is 0. The number of hydrazone groups is 2. The van der Waals surface area contributed by atoms with Gasteiger partial charge >= 0.3 is 19.5 Å². The molecule has 0 aromatic heterocycles. The molecule has 0 spiro atoms. The summed E-state index contributed by atoms with van der Waals surface area (Å²) >= 11 is 11.8. The maximum Gasteiger partial charge on any atom is 2.00 e. The summed E-state index contributed by atoms with van der Waals surface area (Å²) in [5, 5.41) is 6.40. The zero-order valence-electron chi connectivity index (χ0n) is 7.39. The maximum atomic E-state index is 4.75. The molecule has 0 heterocycles. The van der Waals surface area contributed by atoms with Gasteiger partial charge in [-0.1, -0.05) is 0 Å². The van der Waals surface area contributed by atoms with Gasteiger partial charge in [0.05, 0.1) is 0 Å². The van der Waals surface area contributed by atoms with E-state index in [1.165, 1.54) is 23.5 Å². The minimum Gasteiger partial charge on any atom is -0.752 e. The van der Waals surface area contributed by atoms with Crippen LogP contribution in [-0.2, 0) is 44.7 Å². The molecule has 0 bridgehead atoms. The first-order valence-corrected chi connectivity index (χ1v) is 5.86. The summed E-state index contributed by atoms with van der Waals surface area (Å²) in [5.41, 5.74) is 0. The normalized spacial score (nSPS) is 10.9. The topological polar surface area (TPSA) is 76.8 Å². The summed E-state index contributed by atoms with van der Waals surface area (Å²) in [6.07, 6.45) is 3.66. The van der Waals surface area contributed by atoms with Crippen LogP contribution in [0, 0.1) is 0 Å². The number of rotatable bonds is 0. The van der Waals surface area contributed by atoms with E-state index in [1.54, 1.807) is 0 Å². The van der Waals surface area contributed by atoms with Crippen LogP contribution >= 0.6 is 23.5 Å². The first-order valence-electron chi connectivity index (χ1n) is 2.60. The van der Waals surface area contributed by atoms with Crippen LogP contribution < -0.4 is 11.7 Å². The largest absolute Gasteiger partial charge is 2.00 e. The fraction of sp³-hybridized carbons (Fsp3) is 0.500. The Morgan fingerprint density at radius 3 is 1.23 bits per heavy atom. The molecule has 0 aliphatic carbocycles. The summed E-state index contributed by atoms with van der Waals surface area (Å²) in [5.74, 6) is 9.49. The third kappa shape index (κ3) is 19.2. The van der Waals surface area contributed by atoms with E-state index in [1.807, 2.05) is 12.5 Å². The van der Waals surface area contributed by atoms with Gasteiger partial charge in [-0.3, -0.25) is 0 Å². The molecular formula is C4H10N4S4Zn. The Hall–Kier alpha value is 0.703. The fourth-order valence-corrected chi connectivity index (χ4v) is 0.316. The third-order valence-electron chi connectivity index (χ3n) is 0.560. The second-order valence-corrected chi connectivity index (χ2v) is 4.08. The number of hydrogen-bond donors (Lipinski definition) is 2. The number of nitrogens with zero attached hydrogens (tertiary/aromatic N) is 2. The van der Waals surface area contributed by atoms with Crippen LogP contribution in [0.2, 0.25) is 0 Å². The van der Waals surface area contributed by atoms with E-state index in [9.17, 15) is 0 Å². The predicted octanol–water partition coefficient (Wildman–Crippen LogP) is 0.250. The molecule has 0 atom stereocenters. The van der Waals surface area contributed by atoms with E-state index in [0.717, 1.165) is 0 Å². The molecule has 0 aromatic rings. The van der Waals surface area contributed by atoms with Crippen LogP contribution in [0.15, 0.2) is 10.2 Å². The SMILES string of the molecule is CS/C([S-])=N/N.CS/C([S-])=N\N.[Zn+2]. The van der Waals surface area contributed by atoms with Gasteiger partial charge < -0.3 is 36.9 Å². The molecule has 0 aliphatic rings. The Morgan fingerprint density at radius 1 is 1.00 bits per heavy atom. The van der Waals surface area contributed by atoms with E-state index in [0.29, 0.717) is 8.75 Å². The Balaban J connectivity index is -0.000000143. The van der Waals surface area contributed by atoms with Crippen LogP contribution in [0.5, 0.6) is 0 Å². The molecule has 0 aliphatic heterocycles. The second-order valence-electron chi connectivity index (χ2n) is 1.20. The standard InChI is InChI=1S/2C2H6N2S2.Zn/c2*1-6-2(5)4-3;/h2*3H2,1H3,(H,4,5);/q;;+2/p-2. The predicted molar refractivity (Wildman–Crippen MR) is 65.0 cm³/mol. The molecule has 4 nitrogen and oxygen atoms in total. The van der Waals surface area contributed by atoms with Crippen molar-refractivity contribution in [1.82, 2.24) is 0 Å². The molecule has 4 N–H and O–H groups in total. The molecule has 0 aromatic carbocycles. The van der Waals surface area contributed by atoms with Gasteiger partial charge in [0.1, 0.15) is 0 Å². The molecule has 0 rings (SSSR count). The third-order valence-corrected chi connectivity index (χ3v) is 2.68. The zero-order valence-corrected chi connectivity index (χ0v) is 13.6. The van der Waals surface area contributed by atoms with Gasteiger partial charge in [0.25, 0.3) is 0 Å². The van der Waals surface area contributed by atoms with Crippen molar-refractivity contribution in [2.24, 2.45) is 21.9 Å². The van der Waals surface area contributed by atoms with Crippen molar-refractivity contribution in [3.63, 3.8) is 0 Å². The van der Waals surface area contributed by atoms with Crippen molar-refractivity contribution in [2.45, 2.75) is 0 Å². The molecule has 72 valence electrons. The smallest absolute Gasteiger partial charge is 0.752 e. The van der Waals surface area contributed by atoms with Crippen molar-refractivity contribution < 1.29 is 19.5 Å². The van der Waals surface area contributed by atoms with E-state index in [-0.39, 0.29) is 19.5 Å². The molecule has 0 radical (unpaired) electrons. The number of hydrogen-bond acceptors (Lipinski definition) is 8. The Bertz CT molecular complexity index is 144. The molecule has 0 saturated heterocycles. The first kappa shape index (κ1) is 19.3. The average Bonchev–Trinajstić information content (AvgIpc) is 2.16. The average molecular weight is 308 g/mol. The van der Waals surface area contributed by atoms with Gasteiger partial charge in [-0.2, -0.15) is 0 Å². The minimum atomic E-state index is 0. The van der Waals surface area contributed by atoms with E-state index in [2.05, 4.69) is 35.5 Å². The van der Waals surface area contributed by atoms with E-state index in [4.69, 9.17) is 11.7 Å². The van der Waals surface area contributed by atoms with Crippen LogP contribution in [0.1, 0.15) is 0 Å².